The Balaban J connectivity index is 1.87. The minimum Gasteiger partial charge on any atom is -0.380 e. The molecule has 0 aliphatic rings. The molecular weight excluding hydrogens is 319 g/mol. The Hall–Kier alpha value is -1.94. The van der Waals surface area contributed by atoms with E-state index in [1.807, 2.05) is 36.4 Å². The van der Waals surface area contributed by atoms with Gasteiger partial charge >= 0.3 is 0 Å². The lowest BCUT2D eigenvalue weighted by Crippen LogP contribution is -2.02. The van der Waals surface area contributed by atoms with Crippen LogP contribution >= 0.6 is 15.9 Å². The minimum atomic E-state index is -0.217. The number of hydrogen-bond acceptors (Lipinski definition) is 2. The first kappa shape index (κ1) is 13.1. The van der Waals surface area contributed by atoms with E-state index in [2.05, 4.69) is 26.2 Å². The standard InChI is InChI=1S/C16H12BrFN2/c17-12-7-6-11(14(18)9-12)10-20-16-5-1-4-15-13(16)3-2-8-19-15/h1-9,20H,10H2. The fourth-order valence-electron chi connectivity index (χ4n) is 2.11. The molecule has 0 unspecified atom stereocenters. The Labute approximate surface area is 124 Å². The smallest absolute Gasteiger partial charge is 0.129 e. The van der Waals surface area contributed by atoms with Crippen molar-refractivity contribution in [2.24, 2.45) is 0 Å². The third kappa shape index (κ3) is 2.65. The Morgan fingerprint density at radius 1 is 1.10 bits per heavy atom. The molecule has 1 heterocycles. The summed E-state index contributed by atoms with van der Waals surface area (Å²) in [7, 11) is 0. The second-order valence-corrected chi connectivity index (χ2v) is 5.38. The molecule has 0 atom stereocenters. The normalized spacial score (nSPS) is 10.7. The molecule has 2 aromatic carbocycles. The van der Waals surface area contributed by atoms with Crippen molar-refractivity contribution < 1.29 is 4.39 Å². The molecule has 0 aliphatic carbocycles. The van der Waals surface area contributed by atoms with Gasteiger partial charge in [0.25, 0.3) is 0 Å². The van der Waals surface area contributed by atoms with Gasteiger partial charge in [-0.1, -0.05) is 28.1 Å². The van der Waals surface area contributed by atoms with Gasteiger partial charge in [0.2, 0.25) is 0 Å². The zero-order chi connectivity index (χ0) is 13.9. The number of anilines is 1. The molecule has 0 bridgehead atoms. The van der Waals surface area contributed by atoms with E-state index in [1.165, 1.54) is 6.07 Å². The summed E-state index contributed by atoms with van der Waals surface area (Å²) in [6, 6.07) is 14.9. The van der Waals surface area contributed by atoms with Crippen molar-refractivity contribution in [2.45, 2.75) is 6.54 Å². The van der Waals surface area contributed by atoms with Crippen molar-refractivity contribution in [3.05, 3.63) is 70.6 Å². The third-order valence-electron chi connectivity index (χ3n) is 3.13. The van der Waals surface area contributed by atoms with Crippen LogP contribution < -0.4 is 5.32 Å². The summed E-state index contributed by atoms with van der Waals surface area (Å²) < 4.78 is 14.5. The van der Waals surface area contributed by atoms with Gasteiger partial charge in [-0.3, -0.25) is 4.98 Å². The molecule has 0 saturated heterocycles. The first-order valence-corrected chi connectivity index (χ1v) is 7.05. The van der Waals surface area contributed by atoms with E-state index in [0.717, 1.165) is 21.1 Å². The molecule has 3 rings (SSSR count). The van der Waals surface area contributed by atoms with Crippen molar-refractivity contribution in [1.82, 2.24) is 4.98 Å². The van der Waals surface area contributed by atoms with Crippen molar-refractivity contribution in [3.8, 4) is 0 Å². The molecule has 20 heavy (non-hydrogen) atoms. The van der Waals surface area contributed by atoms with E-state index in [4.69, 9.17) is 0 Å². The lowest BCUT2D eigenvalue weighted by molar-refractivity contribution is 0.612. The molecular formula is C16H12BrFN2. The molecule has 0 aliphatic heterocycles. The van der Waals surface area contributed by atoms with Gasteiger partial charge in [-0.05, 0) is 36.4 Å². The molecule has 1 aromatic heterocycles. The molecule has 0 radical (unpaired) electrons. The van der Waals surface area contributed by atoms with Crippen LogP contribution in [0, 0.1) is 5.82 Å². The van der Waals surface area contributed by atoms with Gasteiger partial charge < -0.3 is 5.32 Å². The number of fused-ring (bicyclic) bond motifs is 1. The van der Waals surface area contributed by atoms with Crippen LogP contribution in [0.4, 0.5) is 10.1 Å². The highest BCUT2D eigenvalue weighted by molar-refractivity contribution is 9.10. The van der Waals surface area contributed by atoms with Crippen LogP contribution in [0.3, 0.4) is 0 Å². The number of nitrogens with one attached hydrogen (secondary N) is 1. The number of nitrogens with zero attached hydrogens (tertiary/aromatic N) is 1. The zero-order valence-electron chi connectivity index (χ0n) is 10.6. The average Bonchev–Trinajstić information content (AvgIpc) is 2.46. The highest BCUT2D eigenvalue weighted by atomic mass is 79.9. The highest BCUT2D eigenvalue weighted by Gasteiger charge is 2.04. The van der Waals surface area contributed by atoms with Crippen LogP contribution in [-0.2, 0) is 6.54 Å². The lowest BCUT2D eigenvalue weighted by Gasteiger charge is -2.10. The molecule has 0 spiro atoms. The molecule has 0 fully saturated rings. The number of aromatic nitrogens is 1. The van der Waals surface area contributed by atoms with Crippen molar-refractivity contribution in [3.63, 3.8) is 0 Å². The summed E-state index contributed by atoms with van der Waals surface area (Å²) in [5.41, 5.74) is 2.51. The van der Waals surface area contributed by atoms with Crippen molar-refractivity contribution >= 4 is 32.5 Å². The predicted octanol–water partition coefficient (Wildman–Crippen LogP) is 4.75. The summed E-state index contributed by atoms with van der Waals surface area (Å²) >= 11 is 3.26. The fraction of sp³-hybridized carbons (Fsp3) is 0.0625. The summed E-state index contributed by atoms with van der Waals surface area (Å²) in [4.78, 5) is 4.31. The second kappa shape index (κ2) is 5.59. The van der Waals surface area contributed by atoms with Crippen molar-refractivity contribution in [1.29, 1.82) is 0 Å². The SMILES string of the molecule is Fc1cc(Br)ccc1CNc1cccc2ncccc12. The monoisotopic (exact) mass is 330 g/mol. The minimum absolute atomic E-state index is 0.217. The van der Waals surface area contributed by atoms with E-state index >= 15 is 0 Å². The third-order valence-corrected chi connectivity index (χ3v) is 3.62. The summed E-state index contributed by atoms with van der Waals surface area (Å²) in [6.45, 7) is 0.438. The van der Waals surface area contributed by atoms with E-state index in [-0.39, 0.29) is 5.82 Å². The van der Waals surface area contributed by atoms with Gasteiger partial charge in [0.1, 0.15) is 5.82 Å². The molecule has 1 N–H and O–H groups in total. The van der Waals surface area contributed by atoms with Gasteiger partial charge in [-0.15, -0.1) is 0 Å². The summed E-state index contributed by atoms with van der Waals surface area (Å²) in [5, 5.41) is 4.30. The summed E-state index contributed by atoms with van der Waals surface area (Å²) in [5.74, 6) is -0.217. The highest BCUT2D eigenvalue weighted by Crippen LogP contribution is 2.23. The van der Waals surface area contributed by atoms with E-state index in [1.54, 1.807) is 12.3 Å². The largest absolute Gasteiger partial charge is 0.380 e. The molecule has 3 aromatic rings. The Morgan fingerprint density at radius 2 is 2.00 bits per heavy atom. The van der Waals surface area contributed by atoms with Crippen LogP contribution in [0.5, 0.6) is 0 Å². The quantitative estimate of drug-likeness (QED) is 0.749. The molecule has 2 nitrogen and oxygen atoms in total. The number of pyridine rings is 1. The van der Waals surface area contributed by atoms with Crippen LogP contribution in [0.2, 0.25) is 0 Å². The maximum absolute atomic E-state index is 13.8. The van der Waals surface area contributed by atoms with Crippen LogP contribution in [0.25, 0.3) is 10.9 Å². The molecule has 100 valence electrons. The van der Waals surface area contributed by atoms with E-state index < -0.39 is 0 Å². The Morgan fingerprint density at radius 3 is 2.85 bits per heavy atom. The first-order valence-electron chi connectivity index (χ1n) is 6.25. The molecule has 4 heteroatoms. The second-order valence-electron chi connectivity index (χ2n) is 4.46. The van der Waals surface area contributed by atoms with Crippen LogP contribution in [-0.4, -0.2) is 4.98 Å². The summed E-state index contributed by atoms with van der Waals surface area (Å²) in [6.07, 6.45) is 1.76. The zero-order valence-corrected chi connectivity index (χ0v) is 12.2. The van der Waals surface area contributed by atoms with E-state index in [9.17, 15) is 4.39 Å². The maximum Gasteiger partial charge on any atom is 0.129 e. The first-order chi connectivity index (χ1) is 9.74. The number of rotatable bonds is 3. The van der Waals surface area contributed by atoms with Crippen molar-refractivity contribution in [2.75, 3.05) is 5.32 Å². The van der Waals surface area contributed by atoms with Gasteiger partial charge in [0, 0.05) is 33.9 Å². The van der Waals surface area contributed by atoms with Crippen LogP contribution in [0.15, 0.2) is 59.2 Å². The van der Waals surface area contributed by atoms with Gasteiger partial charge in [0.05, 0.1) is 5.52 Å². The van der Waals surface area contributed by atoms with Gasteiger partial charge in [-0.2, -0.15) is 0 Å². The maximum atomic E-state index is 13.8. The van der Waals surface area contributed by atoms with E-state index in [0.29, 0.717) is 12.1 Å². The average molecular weight is 331 g/mol. The molecule has 0 saturated carbocycles. The van der Waals surface area contributed by atoms with Gasteiger partial charge in [0.15, 0.2) is 0 Å². The Bertz CT molecular complexity index is 753. The topological polar surface area (TPSA) is 24.9 Å². The predicted molar refractivity (Wildman–Crippen MR) is 83.2 cm³/mol. The molecule has 0 amide bonds. The number of hydrogen-bond donors (Lipinski definition) is 1. The lowest BCUT2D eigenvalue weighted by atomic mass is 10.1. The fourth-order valence-corrected chi connectivity index (χ4v) is 2.45. The van der Waals surface area contributed by atoms with Gasteiger partial charge in [-0.25, -0.2) is 4.39 Å². The number of halogens is 2. The number of benzene rings is 2. The Kier molecular flexibility index (Phi) is 3.65. The van der Waals surface area contributed by atoms with Crippen LogP contribution in [0.1, 0.15) is 5.56 Å².